The van der Waals surface area contributed by atoms with Crippen molar-refractivity contribution in [1.29, 1.82) is 0 Å². The highest BCUT2D eigenvalue weighted by molar-refractivity contribution is 5.82. The van der Waals surface area contributed by atoms with E-state index >= 15 is 0 Å². The van der Waals surface area contributed by atoms with Crippen molar-refractivity contribution in [1.82, 2.24) is 15.2 Å². The Morgan fingerprint density at radius 3 is 2.38 bits per heavy atom. The Labute approximate surface area is 184 Å². The monoisotopic (exact) mass is 458 g/mol. The van der Waals surface area contributed by atoms with Gasteiger partial charge in [0.25, 0.3) is 5.91 Å². The molecule has 32 heavy (non-hydrogen) atoms. The SMILES string of the molecule is CNC1(c2ccccn2)CCC2(CC1)CC(=O)N(CCC(F)(F)C(N)=O)C2.O=C(O)CF. The maximum Gasteiger partial charge on any atom is 0.335 e. The summed E-state index contributed by atoms with van der Waals surface area (Å²) in [5.74, 6) is -6.76. The van der Waals surface area contributed by atoms with E-state index in [4.69, 9.17) is 15.6 Å². The number of carboxylic acid groups (broad SMARTS) is 1. The Kier molecular flexibility index (Phi) is 8.22. The van der Waals surface area contributed by atoms with Gasteiger partial charge in [0.2, 0.25) is 5.91 Å². The zero-order valence-electron chi connectivity index (χ0n) is 18.0. The highest BCUT2D eigenvalue weighted by atomic mass is 19.3. The van der Waals surface area contributed by atoms with Gasteiger partial charge in [0, 0.05) is 32.1 Å². The summed E-state index contributed by atoms with van der Waals surface area (Å²) < 4.78 is 37.5. The molecule has 3 rings (SSSR count). The molecular weight excluding hydrogens is 429 g/mol. The van der Waals surface area contributed by atoms with E-state index in [1.807, 2.05) is 25.2 Å². The van der Waals surface area contributed by atoms with Gasteiger partial charge in [0.05, 0.1) is 11.2 Å². The Balaban J connectivity index is 0.000000654. The summed E-state index contributed by atoms with van der Waals surface area (Å²) >= 11 is 0. The lowest BCUT2D eigenvalue weighted by molar-refractivity contribution is -0.144. The lowest BCUT2D eigenvalue weighted by Gasteiger charge is -2.44. The van der Waals surface area contributed by atoms with Gasteiger partial charge < -0.3 is 21.1 Å². The molecule has 0 radical (unpaired) electrons. The smallest absolute Gasteiger partial charge is 0.335 e. The number of aromatic nitrogens is 1. The van der Waals surface area contributed by atoms with Crippen molar-refractivity contribution in [2.24, 2.45) is 11.1 Å². The third-order valence-electron chi connectivity index (χ3n) is 6.37. The minimum atomic E-state index is -3.58. The van der Waals surface area contributed by atoms with Crippen molar-refractivity contribution < 1.29 is 32.7 Å². The van der Waals surface area contributed by atoms with Crippen molar-refractivity contribution >= 4 is 17.8 Å². The molecule has 2 aliphatic rings. The van der Waals surface area contributed by atoms with Crippen LogP contribution in [0.1, 0.15) is 44.2 Å². The topological polar surface area (TPSA) is 126 Å². The second-order valence-corrected chi connectivity index (χ2v) is 8.39. The van der Waals surface area contributed by atoms with Gasteiger partial charge in [0.1, 0.15) is 0 Å². The number of hydrogen-bond acceptors (Lipinski definition) is 5. The van der Waals surface area contributed by atoms with Crippen LogP contribution in [0.5, 0.6) is 0 Å². The Bertz CT molecular complexity index is 815. The highest BCUT2D eigenvalue weighted by Crippen LogP contribution is 2.50. The van der Waals surface area contributed by atoms with Crippen LogP contribution >= 0.6 is 0 Å². The van der Waals surface area contributed by atoms with Crippen LogP contribution < -0.4 is 11.1 Å². The highest BCUT2D eigenvalue weighted by Gasteiger charge is 2.50. The van der Waals surface area contributed by atoms with E-state index < -0.39 is 30.9 Å². The number of halogens is 3. The van der Waals surface area contributed by atoms with Crippen LogP contribution in [-0.2, 0) is 19.9 Å². The minimum absolute atomic E-state index is 0.120. The molecule has 1 aliphatic heterocycles. The Morgan fingerprint density at radius 2 is 1.91 bits per heavy atom. The van der Waals surface area contributed by atoms with Crippen LogP contribution in [0.2, 0.25) is 0 Å². The zero-order chi connectivity index (χ0) is 24.0. The summed E-state index contributed by atoms with van der Waals surface area (Å²) in [7, 11) is 1.92. The van der Waals surface area contributed by atoms with Crippen LogP contribution in [-0.4, -0.2) is 65.5 Å². The maximum absolute atomic E-state index is 13.5. The third-order valence-corrected chi connectivity index (χ3v) is 6.37. The van der Waals surface area contributed by atoms with Crippen LogP contribution in [0.4, 0.5) is 13.2 Å². The fourth-order valence-corrected chi connectivity index (χ4v) is 4.41. The number of carbonyl (C=O) groups is 3. The number of nitrogens with one attached hydrogen (secondary N) is 1. The number of aliphatic carboxylic acids is 1. The largest absolute Gasteiger partial charge is 0.479 e. The predicted octanol–water partition coefficient (Wildman–Crippen LogP) is 1.84. The number of primary amides is 1. The van der Waals surface area contributed by atoms with E-state index in [2.05, 4.69) is 10.3 Å². The van der Waals surface area contributed by atoms with Gasteiger partial charge in [-0.1, -0.05) is 6.07 Å². The summed E-state index contributed by atoms with van der Waals surface area (Å²) in [5, 5.41) is 10.8. The second-order valence-electron chi connectivity index (χ2n) is 8.39. The third kappa shape index (κ3) is 5.96. The molecule has 1 aromatic heterocycles. The summed E-state index contributed by atoms with van der Waals surface area (Å²) in [5.41, 5.74) is 5.30. The van der Waals surface area contributed by atoms with E-state index in [1.54, 1.807) is 6.20 Å². The zero-order valence-corrected chi connectivity index (χ0v) is 18.0. The van der Waals surface area contributed by atoms with E-state index in [0.29, 0.717) is 13.0 Å². The number of amides is 2. The van der Waals surface area contributed by atoms with E-state index in [-0.39, 0.29) is 23.4 Å². The summed E-state index contributed by atoms with van der Waals surface area (Å²) in [6, 6.07) is 5.85. The van der Waals surface area contributed by atoms with Crippen molar-refractivity contribution in [2.75, 3.05) is 26.8 Å². The fourth-order valence-electron chi connectivity index (χ4n) is 4.41. The number of likely N-dealkylation sites (tertiary alicyclic amines) is 1. The summed E-state index contributed by atoms with van der Waals surface area (Å²) in [6.07, 6.45) is 4.73. The van der Waals surface area contributed by atoms with Crippen LogP contribution in [0.3, 0.4) is 0 Å². The number of alkyl halides is 3. The molecule has 0 unspecified atom stereocenters. The van der Waals surface area contributed by atoms with Crippen molar-refractivity contribution in [3.05, 3.63) is 30.1 Å². The molecule has 8 nitrogen and oxygen atoms in total. The average Bonchev–Trinajstić information content (AvgIpc) is 3.09. The first-order valence-corrected chi connectivity index (χ1v) is 10.3. The average molecular weight is 458 g/mol. The molecule has 0 aromatic carbocycles. The number of pyridine rings is 1. The van der Waals surface area contributed by atoms with E-state index in [9.17, 15) is 22.8 Å². The second kappa shape index (κ2) is 10.3. The first kappa shape index (κ1) is 25.6. The van der Waals surface area contributed by atoms with Gasteiger partial charge in [-0.25, -0.2) is 9.18 Å². The molecule has 4 N–H and O–H groups in total. The molecule has 2 amide bonds. The molecule has 0 bridgehead atoms. The first-order chi connectivity index (χ1) is 15.0. The summed E-state index contributed by atoms with van der Waals surface area (Å²) in [4.78, 5) is 38.1. The standard InChI is InChI=1S/C19H26F2N4O2.C2H3FO2/c1-23-18(14-4-2-3-10-24-14)7-5-17(6-8-18)12-15(26)25(13-17)11-9-19(20,21)16(22)27;3-1-2(4)5/h2-4,10,23H,5-9,11-13H2,1H3,(H2,22,27);1H2,(H,4,5). The first-order valence-electron chi connectivity index (χ1n) is 10.3. The van der Waals surface area contributed by atoms with Gasteiger partial charge in [-0.3, -0.25) is 14.6 Å². The van der Waals surface area contributed by atoms with Crippen molar-refractivity contribution in [2.45, 2.75) is 50.0 Å². The molecular formula is C21H29F3N4O4. The molecule has 1 saturated carbocycles. The van der Waals surface area contributed by atoms with Gasteiger partial charge in [-0.15, -0.1) is 0 Å². The van der Waals surface area contributed by atoms with Gasteiger partial charge in [0.15, 0.2) is 6.67 Å². The molecule has 1 spiro atoms. The van der Waals surface area contributed by atoms with Gasteiger partial charge >= 0.3 is 11.9 Å². The van der Waals surface area contributed by atoms with Gasteiger partial charge in [-0.2, -0.15) is 8.78 Å². The van der Waals surface area contributed by atoms with Crippen LogP contribution in [0.25, 0.3) is 0 Å². The van der Waals surface area contributed by atoms with Crippen molar-refractivity contribution in [3.63, 3.8) is 0 Å². The number of nitrogens with two attached hydrogens (primary N) is 1. The Morgan fingerprint density at radius 1 is 1.28 bits per heavy atom. The maximum atomic E-state index is 13.5. The fraction of sp³-hybridized carbons (Fsp3) is 0.619. The Hall–Kier alpha value is -2.69. The van der Waals surface area contributed by atoms with Crippen LogP contribution in [0.15, 0.2) is 24.4 Å². The minimum Gasteiger partial charge on any atom is -0.479 e. The normalized spacial score (nSPS) is 25.4. The van der Waals surface area contributed by atoms with Gasteiger partial charge in [-0.05, 0) is 50.3 Å². The molecule has 2 fully saturated rings. The van der Waals surface area contributed by atoms with Crippen molar-refractivity contribution in [3.8, 4) is 0 Å². The molecule has 2 heterocycles. The van der Waals surface area contributed by atoms with E-state index in [0.717, 1.165) is 31.4 Å². The molecule has 1 aliphatic carbocycles. The number of hydrogen-bond donors (Lipinski definition) is 3. The van der Waals surface area contributed by atoms with E-state index in [1.165, 1.54) is 4.90 Å². The molecule has 1 aromatic rings. The number of rotatable bonds is 7. The lowest BCUT2D eigenvalue weighted by atomic mass is 9.66. The van der Waals surface area contributed by atoms with Crippen LogP contribution in [0, 0.1) is 5.41 Å². The molecule has 11 heteroatoms. The number of nitrogens with zero attached hydrogens (tertiary/aromatic N) is 2. The quantitative estimate of drug-likeness (QED) is 0.573. The molecule has 0 atom stereocenters. The number of carboxylic acids is 1. The molecule has 1 saturated heterocycles. The lowest BCUT2D eigenvalue weighted by Crippen LogP contribution is -2.47. The molecule has 178 valence electrons. The predicted molar refractivity (Wildman–Crippen MR) is 109 cm³/mol. The number of carbonyl (C=O) groups excluding carboxylic acids is 2. The summed E-state index contributed by atoms with van der Waals surface area (Å²) in [6.45, 7) is -0.962.